The zero-order chi connectivity index (χ0) is 14.7. The predicted octanol–water partition coefficient (Wildman–Crippen LogP) is 3.30. The molecule has 1 aromatic heterocycles. The van der Waals surface area contributed by atoms with Crippen LogP contribution in [-0.2, 0) is 0 Å². The SMILES string of the molecule is N#Cc1ccc(N2CC=C(c3ccc(Cl)cc3)CC2)nn1. The van der Waals surface area contributed by atoms with Crippen molar-refractivity contribution in [3.63, 3.8) is 0 Å². The van der Waals surface area contributed by atoms with E-state index in [1.165, 1.54) is 11.1 Å². The van der Waals surface area contributed by atoms with Gasteiger partial charge in [-0.2, -0.15) is 5.26 Å². The lowest BCUT2D eigenvalue weighted by Crippen LogP contribution is -2.29. The molecule has 0 bridgehead atoms. The molecule has 1 aliphatic rings. The van der Waals surface area contributed by atoms with E-state index in [0.29, 0.717) is 5.69 Å². The third kappa shape index (κ3) is 3.04. The van der Waals surface area contributed by atoms with Crippen LogP contribution in [0.1, 0.15) is 17.7 Å². The second-order valence-corrected chi connectivity index (χ2v) is 5.26. The Kier molecular flexibility index (Phi) is 3.85. The van der Waals surface area contributed by atoms with E-state index in [-0.39, 0.29) is 0 Å². The van der Waals surface area contributed by atoms with Gasteiger partial charge in [-0.25, -0.2) is 0 Å². The Bertz CT molecular complexity index is 699. The smallest absolute Gasteiger partial charge is 0.163 e. The van der Waals surface area contributed by atoms with Gasteiger partial charge in [0.2, 0.25) is 0 Å². The lowest BCUT2D eigenvalue weighted by Gasteiger charge is -2.27. The monoisotopic (exact) mass is 296 g/mol. The molecule has 21 heavy (non-hydrogen) atoms. The minimum Gasteiger partial charge on any atom is -0.351 e. The van der Waals surface area contributed by atoms with Crippen molar-refractivity contribution >= 4 is 23.0 Å². The van der Waals surface area contributed by atoms with Gasteiger partial charge >= 0.3 is 0 Å². The first-order valence-electron chi connectivity index (χ1n) is 6.70. The van der Waals surface area contributed by atoms with E-state index in [1.807, 2.05) is 36.4 Å². The molecule has 0 saturated heterocycles. The molecule has 0 saturated carbocycles. The highest BCUT2D eigenvalue weighted by atomic mass is 35.5. The number of anilines is 1. The molecular weight excluding hydrogens is 284 g/mol. The third-order valence-electron chi connectivity index (χ3n) is 3.51. The van der Waals surface area contributed by atoms with Crippen LogP contribution in [0.15, 0.2) is 42.5 Å². The summed E-state index contributed by atoms with van der Waals surface area (Å²) in [5, 5.41) is 17.4. The molecule has 3 rings (SSSR count). The van der Waals surface area contributed by atoms with Gasteiger partial charge in [-0.1, -0.05) is 29.8 Å². The normalized spacial score (nSPS) is 14.5. The Labute approximate surface area is 128 Å². The molecule has 0 fully saturated rings. The average molecular weight is 297 g/mol. The standard InChI is InChI=1S/C16H13ClN4/c17-14-3-1-12(2-4-14)13-7-9-21(10-8-13)16-6-5-15(11-18)19-20-16/h1-7H,8-10H2. The highest BCUT2D eigenvalue weighted by molar-refractivity contribution is 6.30. The van der Waals surface area contributed by atoms with Gasteiger partial charge in [-0.3, -0.25) is 0 Å². The number of halogens is 1. The second-order valence-electron chi connectivity index (χ2n) is 4.82. The minimum absolute atomic E-state index is 0.341. The van der Waals surface area contributed by atoms with Crippen LogP contribution in [0, 0.1) is 11.3 Å². The molecule has 5 heteroatoms. The first-order valence-corrected chi connectivity index (χ1v) is 7.08. The summed E-state index contributed by atoms with van der Waals surface area (Å²) < 4.78 is 0. The average Bonchev–Trinajstić information content (AvgIpc) is 2.56. The molecule has 0 amide bonds. The van der Waals surface area contributed by atoms with Crippen LogP contribution in [0.4, 0.5) is 5.82 Å². The summed E-state index contributed by atoms with van der Waals surface area (Å²) in [6.45, 7) is 1.67. The van der Waals surface area contributed by atoms with Crippen LogP contribution in [-0.4, -0.2) is 23.3 Å². The molecule has 104 valence electrons. The van der Waals surface area contributed by atoms with Crippen LogP contribution in [0.25, 0.3) is 5.57 Å². The summed E-state index contributed by atoms with van der Waals surface area (Å²) >= 11 is 5.91. The lowest BCUT2D eigenvalue weighted by molar-refractivity contribution is 0.798. The van der Waals surface area contributed by atoms with Gasteiger partial charge in [0, 0.05) is 18.1 Å². The van der Waals surface area contributed by atoms with E-state index in [0.717, 1.165) is 30.4 Å². The summed E-state index contributed by atoms with van der Waals surface area (Å²) in [5.41, 5.74) is 2.88. The second kappa shape index (κ2) is 5.94. The maximum Gasteiger partial charge on any atom is 0.163 e. The molecule has 4 nitrogen and oxygen atoms in total. The number of hydrogen-bond acceptors (Lipinski definition) is 4. The van der Waals surface area contributed by atoms with Crippen molar-refractivity contribution in [3.05, 3.63) is 58.8 Å². The number of nitrogens with zero attached hydrogens (tertiary/aromatic N) is 4. The largest absolute Gasteiger partial charge is 0.351 e. The Morgan fingerprint density at radius 3 is 2.48 bits per heavy atom. The zero-order valence-electron chi connectivity index (χ0n) is 11.3. The number of benzene rings is 1. The Morgan fingerprint density at radius 2 is 1.90 bits per heavy atom. The summed E-state index contributed by atoms with van der Waals surface area (Å²) in [4.78, 5) is 2.15. The van der Waals surface area contributed by atoms with Gasteiger partial charge in [0.15, 0.2) is 11.5 Å². The molecule has 0 N–H and O–H groups in total. The van der Waals surface area contributed by atoms with Gasteiger partial charge in [-0.15, -0.1) is 10.2 Å². The fourth-order valence-corrected chi connectivity index (χ4v) is 2.48. The van der Waals surface area contributed by atoms with Crippen molar-refractivity contribution in [2.45, 2.75) is 6.42 Å². The van der Waals surface area contributed by atoms with Gasteiger partial charge in [0.05, 0.1) is 0 Å². The predicted molar refractivity (Wildman–Crippen MR) is 83.0 cm³/mol. The first kappa shape index (κ1) is 13.6. The highest BCUT2D eigenvalue weighted by Gasteiger charge is 2.14. The first-order chi connectivity index (χ1) is 10.3. The lowest BCUT2D eigenvalue weighted by atomic mass is 9.99. The van der Waals surface area contributed by atoms with Gasteiger partial charge in [0.1, 0.15) is 6.07 Å². The van der Waals surface area contributed by atoms with E-state index in [1.54, 1.807) is 6.07 Å². The van der Waals surface area contributed by atoms with E-state index >= 15 is 0 Å². The topological polar surface area (TPSA) is 52.8 Å². The summed E-state index contributed by atoms with van der Waals surface area (Å²) in [6.07, 6.45) is 3.15. The van der Waals surface area contributed by atoms with Crippen molar-refractivity contribution in [3.8, 4) is 6.07 Å². The zero-order valence-corrected chi connectivity index (χ0v) is 12.1. The number of aromatic nitrogens is 2. The van der Waals surface area contributed by atoms with Crippen LogP contribution in [0.3, 0.4) is 0 Å². The van der Waals surface area contributed by atoms with E-state index in [9.17, 15) is 0 Å². The maximum atomic E-state index is 8.73. The van der Waals surface area contributed by atoms with Crippen molar-refractivity contribution in [1.82, 2.24) is 10.2 Å². The van der Waals surface area contributed by atoms with Crippen LogP contribution < -0.4 is 4.90 Å². The molecule has 2 heterocycles. The van der Waals surface area contributed by atoms with Crippen LogP contribution >= 0.6 is 11.6 Å². The maximum absolute atomic E-state index is 8.73. The fourth-order valence-electron chi connectivity index (χ4n) is 2.36. The third-order valence-corrected chi connectivity index (χ3v) is 3.77. The summed E-state index contributed by atoms with van der Waals surface area (Å²) in [5.74, 6) is 0.806. The Hall–Kier alpha value is -2.38. The molecule has 0 atom stereocenters. The number of hydrogen-bond donors (Lipinski definition) is 0. The molecule has 0 radical (unpaired) electrons. The van der Waals surface area contributed by atoms with Crippen molar-refractivity contribution in [1.29, 1.82) is 5.26 Å². The fraction of sp³-hybridized carbons (Fsp3) is 0.188. The molecule has 0 spiro atoms. The molecule has 1 aliphatic heterocycles. The van der Waals surface area contributed by atoms with Gasteiger partial charge in [0.25, 0.3) is 0 Å². The summed E-state index contributed by atoms with van der Waals surface area (Å²) in [7, 11) is 0. The van der Waals surface area contributed by atoms with E-state index < -0.39 is 0 Å². The highest BCUT2D eigenvalue weighted by Crippen LogP contribution is 2.25. The Morgan fingerprint density at radius 1 is 1.10 bits per heavy atom. The molecule has 0 unspecified atom stereocenters. The van der Waals surface area contributed by atoms with Crippen LogP contribution in [0.2, 0.25) is 5.02 Å². The quantitative estimate of drug-likeness (QED) is 0.853. The van der Waals surface area contributed by atoms with Gasteiger partial charge in [-0.05, 0) is 41.8 Å². The Balaban J connectivity index is 1.73. The molecule has 1 aromatic carbocycles. The molecular formula is C16H13ClN4. The van der Waals surface area contributed by atoms with E-state index in [2.05, 4.69) is 21.2 Å². The van der Waals surface area contributed by atoms with Gasteiger partial charge < -0.3 is 4.90 Å². The van der Waals surface area contributed by atoms with Crippen molar-refractivity contribution in [2.75, 3.05) is 18.0 Å². The van der Waals surface area contributed by atoms with Crippen molar-refractivity contribution in [2.24, 2.45) is 0 Å². The van der Waals surface area contributed by atoms with Crippen molar-refractivity contribution < 1.29 is 0 Å². The summed E-state index contributed by atoms with van der Waals surface area (Å²) in [6, 6.07) is 13.4. The molecule has 2 aromatic rings. The minimum atomic E-state index is 0.341. The molecule has 0 aliphatic carbocycles. The number of nitriles is 1. The van der Waals surface area contributed by atoms with Crippen LogP contribution in [0.5, 0.6) is 0 Å². The number of rotatable bonds is 2. The van der Waals surface area contributed by atoms with E-state index in [4.69, 9.17) is 16.9 Å².